The number of thiazole rings is 1. The lowest BCUT2D eigenvalue weighted by molar-refractivity contribution is -0.384. The molecule has 7 nitrogen and oxygen atoms in total. The number of nitro benzene ring substituents is 1. The number of rotatable bonds is 5. The highest BCUT2D eigenvalue weighted by atomic mass is 32.1. The molecule has 4 aromatic rings. The fraction of sp³-hybridized carbons (Fsp3) is 0. The van der Waals surface area contributed by atoms with Crippen molar-refractivity contribution in [3.63, 3.8) is 0 Å². The molecule has 0 amide bonds. The number of para-hydroxylation sites is 1. The summed E-state index contributed by atoms with van der Waals surface area (Å²) in [6.45, 7) is 0. The van der Waals surface area contributed by atoms with Crippen LogP contribution in [0.4, 0.5) is 10.8 Å². The van der Waals surface area contributed by atoms with Crippen LogP contribution in [0.15, 0.2) is 70.2 Å². The van der Waals surface area contributed by atoms with Gasteiger partial charge in [0.25, 0.3) is 5.69 Å². The summed E-state index contributed by atoms with van der Waals surface area (Å²) in [6, 6.07) is 17.6. The molecule has 0 spiro atoms. The lowest BCUT2D eigenvalue weighted by Crippen LogP contribution is -1.88. The predicted molar refractivity (Wildman–Crippen MR) is 102 cm³/mol. The van der Waals surface area contributed by atoms with E-state index in [0.29, 0.717) is 22.2 Å². The third kappa shape index (κ3) is 3.31. The van der Waals surface area contributed by atoms with E-state index in [0.717, 1.165) is 10.2 Å². The first-order chi connectivity index (χ1) is 12.7. The molecule has 0 aliphatic rings. The molecule has 0 unspecified atom stereocenters. The van der Waals surface area contributed by atoms with Gasteiger partial charge < -0.3 is 4.42 Å². The van der Waals surface area contributed by atoms with E-state index in [-0.39, 0.29) is 5.69 Å². The molecule has 128 valence electrons. The summed E-state index contributed by atoms with van der Waals surface area (Å²) in [5, 5.41) is 15.7. The zero-order valence-electron chi connectivity index (χ0n) is 13.3. The van der Waals surface area contributed by atoms with E-state index >= 15 is 0 Å². The molecule has 0 saturated carbocycles. The fourth-order valence-electron chi connectivity index (χ4n) is 2.42. The first kappa shape index (κ1) is 16.0. The predicted octanol–water partition coefficient (Wildman–Crippen LogP) is 4.91. The van der Waals surface area contributed by atoms with E-state index in [1.807, 2.05) is 24.3 Å². The Kier molecular flexibility index (Phi) is 4.16. The van der Waals surface area contributed by atoms with Crippen molar-refractivity contribution < 1.29 is 9.34 Å². The van der Waals surface area contributed by atoms with Gasteiger partial charge in [-0.05, 0) is 24.3 Å². The molecule has 0 atom stereocenters. The van der Waals surface area contributed by atoms with E-state index in [4.69, 9.17) is 4.42 Å². The molecular formula is C18H12N4O3S. The number of nitrogens with zero attached hydrogens (tertiary/aromatic N) is 3. The molecule has 2 heterocycles. The molecule has 0 aliphatic carbocycles. The van der Waals surface area contributed by atoms with Crippen molar-refractivity contribution in [1.29, 1.82) is 0 Å². The van der Waals surface area contributed by atoms with E-state index in [1.165, 1.54) is 29.7 Å². The van der Waals surface area contributed by atoms with Gasteiger partial charge in [-0.15, -0.1) is 0 Å². The van der Waals surface area contributed by atoms with Crippen molar-refractivity contribution in [2.24, 2.45) is 5.10 Å². The number of hydrogen-bond acceptors (Lipinski definition) is 7. The number of furan rings is 1. The standard InChI is InChI=1S/C18H12N4O3S/c23-22(24)13-5-3-4-12(10-13)16-9-8-14(25-16)11-19-21-18-20-15-6-1-2-7-17(15)26-18/h1-11H,(H,20,21)/b19-11+. The van der Waals surface area contributed by atoms with Crippen molar-refractivity contribution >= 4 is 38.6 Å². The first-order valence-electron chi connectivity index (χ1n) is 7.68. The maximum Gasteiger partial charge on any atom is 0.270 e. The Morgan fingerprint density at radius 2 is 2.04 bits per heavy atom. The Labute approximate surface area is 151 Å². The Morgan fingerprint density at radius 3 is 2.88 bits per heavy atom. The van der Waals surface area contributed by atoms with Crippen molar-refractivity contribution in [3.8, 4) is 11.3 Å². The summed E-state index contributed by atoms with van der Waals surface area (Å²) in [4.78, 5) is 14.9. The first-order valence-corrected chi connectivity index (χ1v) is 8.50. The zero-order chi connectivity index (χ0) is 17.9. The van der Waals surface area contributed by atoms with Crippen LogP contribution in [0, 0.1) is 10.1 Å². The molecule has 26 heavy (non-hydrogen) atoms. The fourth-order valence-corrected chi connectivity index (χ4v) is 3.24. The van der Waals surface area contributed by atoms with Crippen molar-refractivity contribution in [3.05, 3.63) is 76.5 Å². The van der Waals surface area contributed by atoms with Crippen LogP contribution in [0.25, 0.3) is 21.5 Å². The van der Waals surface area contributed by atoms with Gasteiger partial charge in [-0.3, -0.25) is 15.5 Å². The summed E-state index contributed by atoms with van der Waals surface area (Å²) < 4.78 is 6.75. The second-order valence-corrected chi connectivity index (χ2v) is 6.40. The molecule has 0 radical (unpaired) electrons. The van der Waals surface area contributed by atoms with Gasteiger partial charge in [0, 0.05) is 17.7 Å². The van der Waals surface area contributed by atoms with Gasteiger partial charge in [-0.1, -0.05) is 35.6 Å². The normalized spacial score (nSPS) is 11.2. The Balaban J connectivity index is 1.48. The van der Waals surface area contributed by atoms with Gasteiger partial charge in [0.05, 0.1) is 21.4 Å². The summed E-state index contributed by atoms with van der Waals surface area (Å²) in [5.74, 6) is 1.07. The number of anilines is 1. The van der Waals surface area contributed by atoms with Gasteiger partial charge in [0.15, 0.2) is 0 Å². The second kappa shape index (κ2) is 6.77. The molecule has 2 aromatic heterocycles. The van der Waals surface area contributed by atoms with Crippen LogP contribution >= 0.6 is 11.3 Å². The average molecular weight is 364 g/mol. The highest BCUT2D eigenvalue weighted by Crippen LogP contribution is 2.26. The molecule has 1 N–H and O–H groups in total. The van der Waals surface area contributed by atoms with Crippen LogP contribution in [0.5, 0.6) is 0 Å². The minimum atomic E-state index is -0.434. The lowest BCUT2D eigenvalue weighted by atomic mass is 10.1. The van der Waals surface area contributed by atoms with E-state index in [2.05, 4.69) is 15.5 Å². The molecule has 0 saturated heterocycles. The number of aromatic nitrogens is 1. The maximum absolute atomic E-state index is 10.9. The average Bonchev–Trinajstić information content (AvgIpc) is 3.28. The number of non-ortho nitro benzene ring substituents is 1. The zero-order valence-corrected chi connectivity index (χ0v) is 14.1. The number of nitrogens with one attached hydrogen (secondary N) is 1. The van der Waals surface area contributed by atoms with Gasteiger partial charge in [-0.25, -0.2) is 4.98 Å². The maximum atomic E-state index is 10.9. The quantitative estimate of drug-likeness (QED) is 0.308. The third-order valence-electron chi connectivity index (χ3n) is 3.61. The van der Waals surface area contributed by atoms with E-state index in [9.17, 15) is 10.1 Å². The minimum absolute atomic E-state index is 0.0200. The van der Waals surface area contributed by atoms with Crippen LogP contribution in [-0.2, 0) is 0 Å². The topological polar surface area (TPSA) is 93.6 Å². The Bertz CT molecular complexity index is 1080. The van der Waals surface area contributed by atoms with Crippen LogP contribution in [0.1, 0.15) is 5.76 Å². The Hall–Kier alpha value is -3.52. The van der Waals surface area contributed by atoms with Crippen molar-refractivity contribution in [2.45, 2.75) is 0 Å². The largest absolute Gasteiger partial charge is 0.455 e. The molecule has 2 aromatic carbocycles. The van der Waals surface area contributed by atoms with Crippen LogP contribution in [-0.4, -0.2) is 16.1 Å². The van der Waals surface area contributed by atoms with Gasteiger partial charge in [0.2, 0.25) is 5.13 Å². The molecular weight excluding hydrogens is 352 g/mol. The van der Waals surface area contributed by atoms with E-state index in [1.54, 1.807) is 24.3 Å². The SMILES string of the molecule is O=[N+]([O-])c1cccc(-c2ccc(/C=N/Nc3nc4ccccc4s3)o2)c1. The van der Waals surface area contributed by atoms with Gasteiger partial charge >= 0.3 is 0 Å². The van der Waals surface area contributed by atoms with Crippen LogP contribution in [0.2, 0.25) is 0 Å². The smallest absolute Gasteiger partial charge is 0.270 e. The van der Waals surface area contributed by atoms with Gasteiger partial charge in [-0.2, -0.15) is 5.10 Å². The highest BCUT2D eigenvalue weighted by molar-refractivity contribution is 7.22. The highest BCUT2D eigenvalue weighted by Gasteiger charge is 2.09. The summed E-state index contributed by atoms with van der Waals surface area (Å²) in [6.07, 6.45) is 1.53. The summed E-state index contributed by atoms with van der Waals surface area (Å²) in [5.41, 5.74) is 4.46. The Morgan fingerprint density at radius 1 is 1.15 bits per heavy atom. The number of fused-ring (bicyclic) bond motifs is 1. The number of hydrogen-bond donors (Lipinski definition) is 1. The number of hydrazone groups is 1. The van der Waals surface area contributed by atoms with Crippen molar-refractivity contribution in [2.75, 3.05) is 5.43 Å². The molecule has 0 bridgehead atoms. The molecule has 0 aliphatic heterocycles. The summed E-state index contributed by atoms with van der Waals surface area (Å²) >= 11 is 1.51. The minimum Gasteiger partial charge on any atom is -0.455 e. The molecule has 0 fully saturated rings. The van der Waals surface area contributed by atoms with Crippen LogP contribution in [0.3, 0.4) is 0 Å². The third-order valence-corrected chi connectivity index (χ3v) is 4.56. The molecule has 8 heteroatoms. The lowest BCUT2D eigenvalue weighted by Gasteiger charge is -1.96. The molecule has 4 rings (SSSR count). The second-order valence-electron chi connectivity index (χ2n) is 5.37. The number of nitro groups is 1. The van der Waals surface area contributed by atoms with E-state index < -0.39 is 4.92 Å². The number of benzene rings is 2. The van der Waals surface area contributed by atoms with Crippen molar-refractivity contribution in [1.82, 2.24) is 4.98 Å². The monoisotopic (exact) mass is 364 g/mol. The summed E-state index contributed by atoms with van der Waals surface area (Å²) in [7, 11) is 0. The van der Waals surface area contributed by atoms with Gasteiger partial charge in [0.1, 0.15) is 11.5 Å². The van der Waals surface area contributed by atoms with Crippen LogP contribution < -0.4 is 5.43 Å².